The third kappa shape index (κ3) is 2.61. The van der Waals surface area contributed by atoms with Crippen molar-refractivity contribution in [2.24, 2.45) is 0 Å². The van der Waals surface area contributed by atoms with Gasteiger partial charge in [0.05, 0.1) is 11.3 Å². The summed E-state index contributed by atoms with van der Waals surface area (Å²) in [4.78, 5) is 24.4. The van der Waals surface area contributed by atoms with Gasteiger partial charge in [0.1, 0.15) is 5.52 Å². The van der Waals surface area contributed by atoms with E-state index in [1.54, 1.807) is 23.7 Å². The number of fused-ring (bicyclic) bond motifs is 1. The van der Waals surface area contributed by atoms with Crippen LogP contribution in [0.5, 0.6) is 0 Å². The molecule has 3 aromatic heterocycles. The second kappa shape index (κ2) is 5.73. The normalized spacial score (nSPS) is 18.5. The SMILES string of the molecule is Cc1cc(C(=O)N2CCCC(c3[nH]nc4nccnc34)C2)cs1. The van der Waals surface area contributed by atoms with E-state index in [1.807, 2.05) is 23.3 Å². The molecule has 1 aliphatic heterocycles. The van der Waals surface area contributed by atoms with Crippen molar-refractivity contribution in [1.29, 1.82) is 0 Å². The molecule has 0 aromatic carbocycles. The van der Waals surface area contributed by atoms with Crippen LogP contribution in [-0.4, -0.2) is 44.1 Å². The number of hydrogen-bond donors (Lipinski definition) is 1. The first-order valence-corrected chi connectivity index (χ1v) is 8.60. The summed E-state index contributed by atoms with van der Waals surface area (Å²) >= 11 is 1.62. The van der Waals surface area contributed by atoms with Crippen LogP contribution in [0.15, 0.2) is 23.8 Å². The highest BCUT2D eigenvalue weighted by Gasteiger charge is 2.28. The maximum absolute atomic E-state index is 12.7. The third-order valence-corrected chi connectivity index (χ3v) is 5.17. The van der Waals surface area contributed by atoms with Crippen LogP contribution in [0.3, 0.4) is 0 Å². The van der Waals surface area contributed by atoms with Crippen molar-refractivity contribution in [3.8, 4) is 0 Å². The van der Waals surface area contributed by atoms with E-state index in [1.165, 1.54) is 0 Å². The van der Waals surface area contributed by atoms with E-state index in [0.29, 0.717) is 12.2 Å². The number of carbonyl (C=O) groups excluding carboxylic acids is 1. The Morgan fingerprint density at radius 2 is 2.26 bits per heavy atom. The Morgan fingerprint density at radius 3 is 3.09 bits per heavy atom. The van der Waals surface area contributed by atoms with Gasteiger partial charge < -0.3 is 4.90 Å². The van der Waals surface area contributed by atoms with Gasteiger partial charge in [-0.3, -0.25) is 9.89 Å². The van der Waals surface area contributed by atoms with E-state index < -0.39 is 0 Å². The second-order valence-corrected chi connectivity index (χ2v) is 7.02. The molecule has 1 N–H and O–H groups in total. The number of piperidine rings is 1. The number of nitrogens with zero attached hydrogens (tertiary/aromatic N) is 4. The number of likely N-dealkylation sites (tertiary alicyclic amines) is 1. The van der Waals surface area contributed by atoms with Crippen LogP contribution in [-0.2, 0) is 0 Å². The fraction of sp³-hybridized carbons (Fsp3) is 0.375. The fourth-order valence-corrected chi connectivity index (χ4v) is 3.87. The Labute approximate surface area is 137 Å². The van der Waals surface area contributed by atoms with Gasteiger partial charge in [-0.1, -0.05) is 0 Å². The zero-order valence-corrected chi connectivity index (χ0v) is 13.6. The standard InChI is InChI=1S/C16H17N5OS/c1-10-7-12(9-23-10)16(22)21-6-2-3-11(8-21)13-14-15(20-19-13)18-5-4-17-14/h4-5,7,9,11H,2-3,6,8H2,1H3,(H,18,19,20). The molecule has 1 atom stereocenters. The van der Waals surface area contributed by atoms with Gasteiger partial charge in [-0.05, 0) is 25.8 Å². The zero-order chi connectivity index (χ0) is 15.8. The minimum Gasteiger partial charge on any atom is -0.338 e. The summed E-state index contributed by atoms with van der Waals surface area (Å²) < 4.78 is 0. The molecule has 23 heavy (non-hydrogen) atoms. The lowest BCUT2D eigenvalue weighted by atomic mass is 9.94. The second-order valence-electron chi connectivity index (χ2n) is 5.90. The topological polar surface area (TPSA) is 74.8 Å². The van der Waals surface area contributed by atoms with E-state index in [2.05, 4.69) is 20.2 Å². The quantitative estimate of drug-likeness (QED) is 0.785. The van der Waals surface area contributed by atoms with Crippen LogP contribution in [0.4, 0.5) is 0 Å². The number of amides is 1. The average molecular weight is 327 g/mol. The van der Waals surface area contributed by atoms with Gasteiger partial charge in [0.2, 0.25) is 0 Å². The summed E-state index contributed by atoms with van der Waals surface area (Å²) in [5, 5.41) is 9.24. The molecule has 1 saturated heterocycles. The lowest BCUT2D eigenvalue weighted by Crippen LogP contribution is -2.39. The van der Waals surface area contributed by atoms with Crippen LogP contribution in [0.1, 0.15) is 39.7 Å². The lowest BCUT2D eigenvalue weighted by Gasteiger charge is -2.32. The number of thiophene rings is 1. The summed E-state index contributed by atoms with van der Waals surface area (Å²) in [7, 11) is 0. The summed E-state index contributed by atoms with van der Waals surface area (Å²) in [6, 6.07) is 1.97. The Hall–Kier alpha value is -2.28. The Balaban J connectivity index is 1.58. The highest BCUT2D eigenvalue weighted by molar-refractivity contribution is 7.10. The van der Waals surface area contributed by atoms with E-state index in [0.717, 1.165) is 41.0 Å². The summed E-state index contributed by atoms with van der Waals surface area (Å²) in [6.45, 7) is 3.53. The van der Waals surface area contributed by atoms with E-state index in [-0.39, 0.29) is 11.8 Å². The van der Waals surface area contributed by atoms with Gasteiger partial charge in [-0.2, -0.15) is 5.10 Å². The zero-order valence-electron chi connectivity index (χ0n) is 12.8. The van der Waals surface area contributed by atoms with Crippen molar-refractivity contribution in [3.63, 3.8) is 0 Å². The van der Waals surface area contributed by atoms with Crippen molar-refractivity contribution in [2.75, 3.05) is 13.1 Å². The monoisotopic (exact) mass is 327 g/mol. The number of H-pyrrole nitrogens is 1. The van der Waals surface area contributed by atoms with Gasteiger partial charge in [0, 0.05) is 41.7 Å². The summed E-state index contributed by atoms with van der Waals surface area (Å²) in [6.07, 6.45) is 5.34. The maximum Gasteiger partial charge on any atom is 0.254 e. The smallest absolute Gasteiger partial charge is 0.254 e. The number of rotatable bonds is 2. The molecule has 0 spiro atoms. The van der Waals surface area contributed by atoms with Crippen molar-refractivity contribution in [1.82, 2.24) is 25.1 Å². The molecule has 0 aliphatic carbocycles. The summed E-state index contributed by atoms with van der Waals surface area (Å²) in [5.41, 5.74) is 3.24. The van der Waals surface area contributed by atoms with Crippen molar-refractivity contribution in [3.05, 3.63) is 40.0 Å². The Kier molecular flexibility index (Phi) is 3.57. The predicted octanol–water partition coefficient (Wildman–Crippen LogP) is 2.74. The van der Waals surface area contributed by atoms with Crippen LogP contribution in [0.2, 0.25) is 0 Å². The van der Waals surface area contributed by atoms with Crippen molar-refractivity contribution in [2.45, 2.75) is 25.7 Å². The third-order valence-electron chi connectivity index (χ3n) is 4.31. The minimum atomic E-state index is 0.119. The molecule has 4 heterocycles. The molecule has 0 radical (unpaired) electrons. The van der Waals surface area contributed by atoms with Crippen LogP contribution < -0.4 is 0 Å². The van der Waals surface area contributed by atoms with Crippen molar-refractivity contribution >= 4 is 28.4 Å². The molecule has 6 nitrogen and oxygen atoms in total. The van der Waals surface area contributed by atoms with E-state index in [9.17, 15) is 4.79 Å². The number of aryl methyl sites for hydroxylation is 1. The number of aromatic nitrogens is 4. The van der Waals surface area contributed by atoms with Crippen LogP contribution in [0.25, 0.3) is 11.2 Å². The van der Waals surface area contributed by atoms with Gasteiger partial charge in [-0.15, -0.1) is 11.3 Å². The molecule has 7 heteroatoms. The highest BCUT2D eigenvalue weighted by Crippen LogP contribution is 2.30. The molecular formula is C16H17N5OS. The van der Waals surface area contributed by atoms with Gasteiger partial charge in [0.25, 0.3) is 5.91 Å². The highest BCUT2D eigenvalue weighted by atomic mass is 32.1. The van der Waals surface area contributed by atoms with Gasteiger partial charge >= 0.3 is 0 Å². The first kappa shape index (κ1) is 14.3. The number of carbonyl (C=O) groups is 1. The minimum absolute atomic E-state index is 0.119. The summed E-state index contributed by atoms with van der Waals surface area (Å²) in [5.74, 6) is 0.350. The number of hydrogen-bond acceptors (Lipinski definition) is 5. The molecule has 4 rings (SSSR count). The van der Waals surface area contributed by atoms with Gasteiger partial charge in [-0.25, -0.2) is 9.97 Å². The first-order chi connectivity index (χ1) is 11.2. The Bertz CT molecular complexity index is 855. The predicted molar refractivity (Wildman–Crippen MR) is 88.6 cm³/mol. The van der Waals surface area contributed by atoms with Gasteiger partial charge in [0.15, 0.2) is 5.65 Å². The Morgan fingerprint density at radius 1 is 1.39 bits per heavy atom. The van der Waals surface area contributed by atoms with Crippen LogP contribution in [0, 0.1) is 6.92 Å². The molecule has 1 amide bonds. The first-order valence-electron chi connectivity index (χ1n) is 7.72. The molecule has 1 fully saturated rings. The molecule has 0 saturated carbocycles. The molecule has 118 valence electrons. The lowest BCUT2D eigenvalue weighted by molar-refractivity contribution is 0.0706. The molecule has 1 unspecified atom stereocenters. The fourth-order valence-electron chi connectivity index (χ4n) is 3.19. The molecule has 1 aliphatic rings. The van der Waals surface area contributed by atoms with E-state index in [4.69, 9.17) is 0 Å². The average Bonchev–Trinajstić information content (AvgIpc) is 3.20. The molecule has 3 aromatic rings. The van der Waals surface area contributed by atoms with Crippen LogP contribution >= 0.6 is 11.3 Å². The van der Waals surface area contributed by atoms with E-state index >= 15 is 0 Å². The maximum atomic E-state index is 12.7. The molecular weight excluding hydrogens is 310 g/mol. The number of nitrogens with one attached hydrogen (secondary N) is 1. The largest absolute Gasteiger partial charge is 0.338 e. The van der Waals surface area contributed by atoms with Crippen molar-refractivity contribution < 1.29 is 4.79 Å². The number of aromatic amines is 1. The molecule has 0 bridgehead atoms.